The van der Waals surface area contributed by atoms with Crippen molar-refractivity contribution in [2.45, 2.75) is 18.3 Å². The Morgan fingerprint density at radius 2 is 1.80 bits per heavy atom. The van der Waals surface area contributed by atoms with Crippen molar-refractivity contribution in [1.82, 2.24) is 0 Å². The van der Waals surface area contributed by atoms with E-state index >= 15 is 0 Å². The van der Waals surface area contributed by atoms with E-state index in [-0.39, 0.29) is 6.29 Å². The molecule has 0 aromatic rings. The molecule has 60 valence electrons. The summed E-state index contributed by atoms with van der Waals surface area (Å²) in [6, 6.07) is 0. The summed E-state index contributed by atoms with van der Waals surface area (Å²) in [7, 11) is 0. The molecule has 3 atom stereocenters. The van der Waals surface area contributed by atoms with Gasteiger partial charge in [-0.2, -0.15) is 0 Å². The second-order valence-corrected chi connectivity index (χ2v) is 1.87. The molecule has 0 aromatic carbocycles. The molecule has 0 amide bonds. The summed E-state index contributed by atoms with van der Waals surface area (Å²) in [5, 5.41) is 34.1. The highest BCUT2D eigenvalue weighted by Crippen LogP contribution is 1.96. The van der Waals surface area contributed by atoms with E-state index in [0.29, 0.717) is 0 Å². The Kier molecular flexibility index (Phi) is 4.13. The van der Waals surface area contributed by atoms with E-state index in [0.717, 1.165) is 0 Å². The molecule has 0 saturated heterocycles. The number of carbonyl (C=O) groups excluding carboxylic acids is 1. The summed E-state index contributed by atoms with van der Waals surface area (Å²) in [6.07, 6.45) is -4.63. The predicted molar refractivity (Wildman–Crippen MR) is 31.2 cm³/mol. The minimum Gasteiger partial charge on any atom is -0.394 e. The van der Waals surface area contributed by atoms with Gasteiger partial charge in [0.25, 0.3) is 0 Å². The molecule has 0 spiro atoms. The molecule has 5 nitrogen and oxygen atoms in total. The SMILES string of the molecule is O=[14CH][C@H](O)[C@@H](O)[C@@H](O)CO. The first kappa shape index (κ1) is 9.51. The second-order valence-electron chi connectivity index (χ2n) is 1.87. The molecule has 0 radical (unpaired) electrons. The molecule has 0 rings (SSSR count). The third-order valence-corrected chi connectivity index (χ3v) is 1.07. The third kappa shape index (κ3) is 2.40. The van der Waals surface area contributed by atoms with Crippen molar-refractivity contribution in [1.29, 1.82) is 0 Å². The van der Waals surface area contributed by atoms with E-state index in [1.165, 1.54) is 0 Å². The van der Waals surface area contributed by atoms with Crippen LogP contribution in [0.15, 0.2) is 0 Å². The van der Waals surface area contributed by atoms with Crippen molar-refractivity contribution in [3.63, 3.8) is 0 Å². The van der Waals surface area contributed by atoms with E-state index in [4.69, 9.17) is 20.4 Å². The van der Waals surface area contributed by atoms with Crippen molar-refractivity contribution in [3.8, 4) is 0 Å². The van der Waals surface area contributed by atoms with Gasteiger partial charge in [0.15, 0.2) is 6.29 Å². The van der Waals surface area contributed by atoms with E-state index in [2.05, 4.69) is 0 Å². The van der Waals surface area contributed by atoms with Crippen molar-refractivity contribution >= 4 is 6.29 Å². The van der Waals surface area contributed by atoms with Gasteiger partial charge < -0.3 is 25.2 Å². The highest BCUT2D eigenvalue weighted by Gasteiger charge is 2.22. The predicted octanol–water partition coefficient (Wildman–Crippen LogP) is -2.74. The van der Waals surface area contributed by atoms with Crippen LogP contribution < -0.4 is 0 Å². The monoisotopic (exact) mass is 152 g/mol. The van der Waals surface area contributed by atoms with Crippen LogP contribution in [0.1, 0.15) is 0 Å². The zero-order valence-corrected chi connectivity index (χ0v) is 5.21. The number of aldehydes is 1. The molecule has 10 heavy (non-hydrogen) atoms. The van der Waals surface area contributed by atoms with Crippen LogP contribution in [-0.2, 0) is 4.79 Å². The third-order valence-electron chi connectivity index (χ3n) is 1.07. The number of hydrogen-bond acceptors (Lipinski definition) is 5. The fourth-order valence-corrected chi connectivity index (χ4v) is 0.416. The first-order valence-electron chi connectivity index (χ1n) is 2.73. The van der Waals surface area contributed by atoms with Crippen molar-refractivity contribution in [2.24, 2.45) is 0 Å². The van der Waals surface area contributed by atoms with Gasteiger partial charge >= 0.3 is 0 Å². The fraction of sp³-hybridized carbons (Fsp3) is 0.800. The molecule has 0 bridgehead atoms. The Hall–Kier alpha value is -0.490. The summed E-state index contributed by atoms with van der Waals surface area (Å²) in [5.41, 5.74) is 0. The average Bonchev–Trinajstić information content (AvgIpc) is 2.00. The van der Waals surface area contributed by atoms with E-state index in [9.17, 15) is 4.79 Å². The van der Waals surface area contributed by atoms with Crippen LogP contribution in [-0.4, -0.2) is 51.6 Å². The summed E-state index contributed by atoms with van der Waals surface area (Å²) in [6.45, 7) is -0.688. The Balaban J connectivity index is 3.80. The maximum Gasteiger partial charge on any atom is 0.151 e. The molecule has 0 heterocycles. The highest BCUT2D eigenvalue weighted by atomic mass is 16.4. The smallest absolute Gasteiger partial charge is 0.151 e. The lowest BCUT2D eigenvalue weighted by Gasteiger charge is -2.16. The number of hydrogen-bond donors (Lipinski definition) is 4. The minimum absolute atomic E-state index is 0.0869. The van der Waals surface area contributed by atoms with Crippen LogP contribution in [0.25, 0.3) is 0 Å². The molecule has 0 aliphatic carbocycles. The molecule has 0 fully saturated rings. The molecular formula is C5H10O5. The number of carbonyl (C=O) groups is 1. The van der Waals surface area contributed by atoms with Gasteiger partial charge in [0, 0.05) is 0 Å². The molecular weight excluding hydrogens is 142 g/mol. The second kappa shape index (κ2) is 4.35. The first-order valence-corrected chi connectivity index (χ1v) is 2.73. The topological polar surface area (TPSA) is 98.0 Å². The van der Waals surface area contributed by atoms with Gasteiger partial charge in [0.1, 0.15) is 18.3 Å². The standard InChI is InChI=1S/C5H10O5/c6-1-3(8)5(10)4(9)2-7/h1,3-5,7-10H,2H2/t3-,4-,5+/m0/s1/i1+2. The van der Waals surface area contributed by atoms with E-state index in [1.54, 1.807) is 0 Å². The summed E-state index contributed by atoms with van der Waals surface area (Å²) in [5.74, 6) is 0. The minimum atomic E-state index is -1.64. The molecule has 0 aromatic heterocycles. The first-order chi connectivity index (χ1) is 4.63. The Morgan fingerprint density at radius 1 is 1.30 bits per heavy atom. The van der Waals surface area contributed by atoms with Gasteiger partial charge in [-0.25, -0.2) is 0 Å². The molecule has 0 unspecified atom stereocenters. The van der Waals surface area contributed by atoms with E-state index in [1.807, 2.05) is 0 Å². The van der Waals surface area contributed by atoms with Crippen molar-refractivity contribution in [2.75, 3.05) is 6.61 Å². The van der Waals surface area contributed by atoms with E-state index < -0.39 is 24.9 Å². The fourth-order valence-electron chi connectivity index (χ4n) is 0.416. The quantitative estimate of drug-likeness (QED) is 0.328. The highest BCUT2D eigenvalue weighted by molar-refractivity contribution is 5.56. The number of aliphatic hydroxyl groups excluding tert-OH is 4. The van der Waals surface area contributed by atoms with Crippen LogP contribution in [0.3, 0.4) is 0 Å². The van der Waals surface area contributed by atoms with Gasteiger partial charge in [-0.05, 0) is 0 Å². The Bertz CT molecular complexity index is 104. The molecule has 0 aliphatic heterocycles. The lowest BCUT2D eigenvalue weighted by Crippen LogP contribution is -2.40. The molecule has 0 aliphatic rings. The van der Waals surface area contributed by atoms with Crippen LogP contribution in [0.5, 0.6) is 0 Å². The largest absolute Gasteiger partial charge is 0.394 e. The van der Waals surface area contributed by atoms with Crippen molar-refractivity contribution in [3.05, 3.63) is 0 Å². The maximum absolute atomic E-state index is 9.76. The van der Waals surface area contributed by atoms with Crippen molar-refractivity contribution < 1.29 is 25.2 Å². The van der Waals surface area contributed by atoms with Gasteiger partial charge in [0.05, 0.1) is 6.61 Å². The van der Waals surface area contributed by atoms with Crippen LogP contribution in [0, 0.1) is 0 Å². The zero-order chi connectivity index (χ0) is 8.15. The van der Waals surface area contributed by atoms with Gasteiger partial charge in [-0.1, -0.05) is 0 Å². The summed E-state index contributed by atoms with van der Waals surface area (Å²) < 4.78 is 0. The Labute approximate surface area is 57.5 Å². The van der Waals surface area contributed by atoms with Gasteiger partial charge in [-0.15, -0.1) is 0 Å². The number of rotatable bonds is 4. The molecule has 5 heteroatoms. The number of aliphatic hydroxyl groups is 4. The lowest BCUT2D eigenvalue weighted by molar-refractivity contribution is -0.127. The summed E-state index contributed by atoms with van der Waals surface area (Å²) >= 11 is 0. The molecule has 4 N–H and O–H groups in total. The lowest BCUT2D eigenvalue weighted by atomic mass is 10.2. The van der Waals surface area contributed by atoms with Gasteiger partial charge in [-0.3, -0.25) is 0 Å². The van der Waals surface area contributed by atoms with Crippen LogP contribution in [0.4, 0.5) is 0 Å². The van der Waals surface area contributed by atoms with Crippen LogP contribution >= 0.6 is 0 Å². The maximum atomic E-state index is 9.76. The van der Waals surface area contributed by atoms with Crippen LogP contribution in [0.2, 0.25) is 0 Å². The van der Waals surface area contributed by atoms with Gasteiger partial charge in [0.2, 0.25) is 0 Å². The normalized spacial score (nSPS) is 19.6. The zero-order valence-electron chi connectivity index (χ0n) is 5.21. The molecule has 0 saturated carbocycles. The average molecular weight is 152 g/mol. The Morgan fingerprint density at radius 3 is 2.10 bits per heavy atom. The summed E-state index contributed by atoms with van der Waals surface area (Å²) in [4.78, 5) is 9.76.